The Balaban J connectivity index is 1.99. The fourth-order valence-corrected chi connectivity index (χ4v) is 1.98. The number of carbonyl (C=O) groups is 1. The summed E-state index contributed by atoms with van der Waals surface area (Å²) in [7, 11) is 0. The maximum atomic E-state index is 11.9. The first-order chi connectivity index (χ1) is 8.16. The lowest BCUT2D eigenvalue weighted by Gasteiger charge is -2.21. The molecule has 1 aromatic carbocycles. The van der Waals surface area contributed by atoms with Gasteiger partial charge in [-0.3, -0.25) is 4.79 Å². The number of benzene rings is 1. The van der Waals surface area contributed by atoms with Crippen LogP contribution in [0.4, 0.5) is 11.4 Å². The van der Waals surface area contributed by atoms with Gasteiger partial charge in [-0.2, -0.15) is 0 Å². The number of hydrogen-bond acceptors (Lipinski definition) is 3. The quantitative estimate of drug-likeness (QED) is 0.796. The molecule has 1 aliphatic rings. The van der Waals surface area contributed by atoms with E-state index >= 15 is 0 Å². The molecular formula is C12H15ClN2O2. The SMILES string of the molecule is Nc1ccc(NC(=O)C2CCCOC2)cc1Cl. The van der Waals surface area contributed by atoms with Gasteiger partial charge in [0, 0.05) is 12.3 Å². The summed E-state index contributed by atoms with van der Waals surface area (Å²) in [6, 6.07) is 5.07. The molecule has 0 aromatic heterocycles. The summed E-state index contributed by atoms with van der Waals surface area (Å²) >= 11 is 5.88. The molecule has 1 fully saturated rings. The molecule has 0 aliphatic carbocycles. The van der Waals surface area contributed by atoms with E-state index in [1.54, 1.807) is 18.2 Å². The molecule has 5 heteroatoms. The summed E-state index contributed by atoms with van der Waals surface area (Å²) in [4.78, 5) is 11.9. The molecule has 1 atom stereocenters. The van der Waals surface area contributed by atoms with Crippen molar-refractivity contribution in [3.63, 3.8) is 0 Å². The van der Waals surface area contributed by atoms with Gasteiger partial charge < -0.3 is 15.8 Å². The van der Waals surface area contributed by atoms with E-state index in [1.807, 2.05) is 0 Å². The number of ether oxygens (including phenoxy) is 1. The highest BCUT2D eigenvalue weighted by atomic mass is 35.5. The molecule has 1 heterocycles. The highest BCUT2D eigenvalue weighted by molar-refractivity contribution is 6.33. The Bertz CT molecular complexity index is 417. The molecule has 2 rings (SSSR count). The van der Waals surface area contributed by atoms with Crippen molar-refractivity contribution >= 4 is 28.9 Å². The molecule has 3 N–H and O–H groups in total. The number of hydrogen-bond donors (Lipinski definition) is 2. The fourth-order valence-electron chi connectivity index (χ4n) is 1.80. The van der Waals surface area contributed by atoms with Crippen molar-refractivity contribution in [1.29, 1.82) is 0 Å². The van der Waals surface area contributed by atoms with Gasteiger partial charge in [0.2, 0.25) is 5.91 Å². The average Bonchev–Trinajstić information content (AvgIpc) is 2.35. The van der Waals surface area contributed by atoms with Crippen LogP contribution in [0.2, 0.25) is 5.02 Å². The van der Waals surface area contributed by atoms with Crippen molar-refractivity contribution in [2.24, 2.45) is 5.92 Å². The first-order valence-electron chi connectivity index (χ1n) is 5.60. The Morgan fingerprint density at radius 1 is 1.53 bits per heavy atom. The van der Waals surface area contributed by atoms with Crippen LogP contribution in [0.5, 0.6) is 0 Å². The molecule has 1 saturated heterocycles. The topological polar surface area (TPSA) is 64.3 Å². The summed E-state index contributed by atoms with van der Waals surface area (Å²) in [6.45, 7) is 1.24. The van der Waals surface area contributed by atoms with E-state index in [2.05, 4.69) is 5.32 Å². The standard InChI is InChI=1S/C12H15ClN2O2/c13-10-6-9(3-4-11(10)14)15-12(16)8-2-1-5-17-7-8/h3-4,6,8H,1-2,5,7,14H2,(H,15,16). The largest absolute Gasteiger partial charge is 0.398 e. The van der Waals surface area contributed by atoms with Crippen LogP contribution in [-0.2, 0) is 9.53 Å². The van der Waals surface area contributed by atoms with Crippen LogP contribution in [-0.4, -0.2) is 19.1 Å². The first kappa shape index (κ1) is 12.2. The third-order valence-corrected chi connectivity index (χ3v) is 3.13. The molecule has 0 bridgehead atoms. The van der Waals surface area contributed by atoms with E-state index in [9.17, 15) is 4.79 Å². The van der Waals surface area contributed by atoms with E-state index in [4.69, 9.17) is 22.1 Å². The number of halogens is 1. The molecule has 1 unspecified atom stereocenters. The normalized spacial score (nSPS) is 19.9. The van der Waals surface area contributed by atoms with Crippen LogP contribution in [0.15, 0.2) is 18.2 Å². The monoisotopic (exact) mass is 254 g/mol. The Labute approximate surface area is 105 Å². The predicted octanol–water partition coefficient (Wildman–Crippen LogP) is 2.29. The number of anilines is 2. The highest BCUT2D eigenvalue weighted by Crippen LogP contribution is 2.23. The Kier molecular flexibility index (Phi) is 3.86. The third kappa shape index (κ3) is 3.11. The van der Waals surface area contributed by atoms with Crippen LogP contribution < -0.4 is 11.1 Å². The maximum Gasteiger partial charge on any atom is 0.229 e. The molecular weight excluding hydrogens is 240 g/mol. The fraction of sp³-hybridized carbons (Fsp3) is 0.417. The molecule has 17 heavy (non-hydrogen) atoms. The summed E-state index contributed by atoms with van der Waals surface area (Å²) < 4.78 is 5.28. The molecule has 0 radical (unpaired) electrons. The summed E-state index contributed by atoms with van der Waals surface area (Å²) in [5, 5.41) is 3.27. The number of nitrogens with one attached hydrogen (secondary N) is 1. The van der Waals surface area contributed by atoms with E-state index in [0.29, 0.717) is 23.0 Å². The van der Waals surface area contributed by atoms with Gasteiger partial charge in [-0.05, 0) is 31.0 Å². The van der Waals surface area contributed by atoms with Gasteiger partial charge in [0.25, 0.3) is 0 Å². The molecule has 1 aromatic rings. The molecule has 92 valence electrons. The van der Waals surface area contributed by atoms with Crippen LogP contribution in [0.3, 0.4) is 0 Å². The van der Waals surface area contributed by atoms with Crippen LogP contribution >= 0.6 is 11.6 Å². The Hall–Kier alpha value is -1.26. The van der Waals surface area contributed by atoms with Crippen molar-refractivity contribution in [1.82, 2.24) is 0 Å². The second-order valence-electron chi connectivity index (χ2n) is 4.14. The summed E-state index contributed by atoms with van der Waals surface area (Å²) in [5.41, 5.74) is 6.77. The maximum absolute atomic E-state index is 11.9. The van der Waals surface area contributed by atoms with E-state index in [1.165, 1.54) is 0 Å². The van der Waals surface area contributed by atoms with Gasteiger partial charge in [-0.1, -0.05) is 11.6 Å². The number of nitrogens with two attached hydrogens (primary N) is 1. The minimum atomic E-state index is -0.0694. The van der Waals surface area contributed by atoms with Crippen molar-refractivity contribution in [3.05, 3.63) is 23.2 Å². The van der Waals surface area contributed by atoms with E-state index < -0.39 is 0 Å². The highest BCUT2D eigenvalue weighted by Gasteiger charge is 2.21. The second-order valence-corrected chi connectivity index (χ2v) is 4.55. The van der Waals surface area contributed by atoms with Crippen molar-refractivity contribution in [2.75, 3.05) is 24.3 Å². The predicted molar refractivity (Wildman–Crippen MR) is 68.0 cm³/mol. The zero-order valence-electron chi connectivity index (χ0n) is 9.41. The third-order valence-electron chi connectivity index (χ3n) is 2.80. The Morgan fingerprint density at radius 2 is 2.35 bits per heavy atom. The Morgan fingerprint density at radius 3 is 3.00 bits per heavy atom. The van der Waals surface area contributed by atoms with Gasteiger partial charge in [-0.15, -0.1) is 0 Å². The molecule has 1 aliphatic heterocycles. The van der Waals surface area contributed by atoms with Crippen LogP contribution in [0.1, 0.15) is 12.8 Å². The zero-order chi connectivity index (χ0) is 12.3. The van der Waals surface area contributed by atoms with E-state index in [0.717, 1.165) is 19.4 Å². The molecule has 1 amide bonds. The number of rotatable bonds is 2. The van der Waals surface area contributed by atoms with Gasteiger partial charge in [0.1, 0.15) is 0 Å². The zero-order valence-corrected chi connectivity index (χ0v) is 10.2. The number of amides is 1. The number of carbonyl (C=O) groups excluding carboxylic acids is 1. The molecule has 4 nitrogen and oxygen atoms in total. The van der Waals surface area contributed by atoms with Crippen molar-refractivity contribution < 1.29 is 9.53 Å². The molecule has 0 saturated carbocycles. The smallest absolute Gasteiger partial charge is 0.229 e. The lowest BCUT2D eigenvalue weighted by atomic mass is 10.0. The van der Waals surface area contributed by atoms with Gasteiger partial charge in [0.05, 0.1) is 23.2 Å². The molecule has 0 spiro atoms. The van der Waals surface area contributed by atoms with Crippen molar-refractivity contribution in [2.45, 2.75) is 12.8 Å². The van der Waals surface area contributed by atoms with Crippen molar-refractivity contribution in [3.8, 4) is 0 Å². The van der Waals surface area contributed by atoms with E-state index in [-0.39, 0.29) is 11.8 Å². The lowest BCUT2D eigenvalue weighted by Crippen LogP contribution is -2.30. The minimum absolute atomic E-state index is 0.0226. The van der Waals surface area contributed by atoms with Gasteiger partial charge in [0.15, 0.2) is 0 Å². The second kappa shape index (κ2) is 5.38. The first-order valence-corrected chi connectivity index (χ1v) is 5.98. The van der Waals surface area contributed by atoms with Crippen LogP contribution in [0.25, 0.3) is 0 Å². The summed E-state index contributed by atoms with van der Waals surface area (Å²) in [6.07, 6.45) is 1.80. The van der Waals surface area contributed by atoms with Gasteiger partial charge in [-0.25, -0.2) is 0 Å². The number of nitrogen functional groups attached to an aromatic ring is 1. The minimum Gasteiger partial charge on any atom is -0.398 e. The van der Waals surface area contributed by atoms with Crippen LogP contribution in [0, 0.1) is 5.92 Å². The average molecular weight is 255 g/mol. The van der Waals surface area contributed by atoms with Gasteiger partial charge >= 0.3 is 0 Å². The lowest BCUT2D eigenvalue weighted by molar-refractivity contribution is -0.123. The summed E-state index contributed by atoms with van der Waals surface area (Å²) in [5.74, 6) is -0.0920.